The van der Waals surface area contributed by atoms with E-state index in [-0.39, 0.29) is 5.82 Å². The van der Waals surface area contributed by atoms with Crippen LogP contribution in [0.5, 0.6) is 11.5 Å². The number of hydrogen-bond acceptors (Lipinski definition) is 3. The van der Waals surface area contributed by atoms with E-state index in [9.17, 15) is 4.39 Å². The summed E-state index contributed by atoms with van der Waals surface area (Å²) in [6, 6.07) is 8.81. The summed E-state index contributed by atoms with van der Waals surface area (Å²) in [4.78, 5) is 0. The Morgan fingerprint density at radius 3 is 2.38 bits per heavy atom. The maximum Gasteiger partial charge on any atom is 0.161 e. The molecule has 0 spiro atoms. The van der Waals surface area contributed by atoms with Crippen molar-refractivity contribution in [3.63, 3.8) is 0 Å². The Morgan fingerprint density at radius 2 is 1.76 bits per heavy atom. The number of aryl methyl sites for hydroxylation is 1. The third kappa shape index (κ3) is 3.67. The van der Waals surface area contributed by atoms with E-state index in [0.29, 0.717) is 23.7 Å². The number of benzene rings is 2. The number of anilines is 1. The van der Waals surface area contributed by atoms with Crippen LogP contribution in [0.2, 0.25) is 0 Å². The van der Waals surface area contributed by atoms with Gasteiger partial charge < -0.3 is 14.8 Å². The predicted octanol–water partition coefficient (Wildman–Crippen LogP) is 4.53. The van der Waals surface area contributed by atoms with Crippen LogP contribution in [0.1, 0.15) is 11.1 Å². The molecule has 0 atom stereocenters. The van der Waals surface area contributed by atoms with Gasteiger partial charge in [0.2, 0.25) is 0 Å². The fraction of sp³-hybridized carbons (Fsp3) is 0.250. The monoisotopic (exact) mass is 353 g/mol. The summed E-state index contributed by atoms with van der Waals surface area (Å²) in [5.74, 6) is 1.03. The van der Waals surface area contributed by atoms with Gasteiger partial charge in [-0.1, -0.05) is 22.0 Å². The normalized spacial score (nSPS) is 10.3. The van der Waals surface area contributed by atoms with Gasteiger partial charge in [0.15, 0.2) is 11.5 Å². The minimum Gasteiger partial charge on any atom is -0.493 e. The molecule has 0 aromatic heterocycles. The quantitative estimate of drug-likeness (QED) is 0.856. The predicted molar refractivity (Wildman–Crippen MR) is 85.7 cm³/mol. The molecule has 5 heteroatoms. The molecule has 3 nitrogen and oxygen atoms in total. The number of nitrogens with one attached hydrogen (secondary N) is 1. The Kier molecular flexibility index (Phi) is 5.07. The highest BCUT2D eigenvalue weighted by molar-refractivity contribution is 9.10. The van der Waals surface area contributed by atoms with Crippen molar-refractivity contribution in [3.05, 3.63) is 51.7 Å². The van der Waals surface area contributed by atoms with Gasteiger partial charge in [0.1, 0.15) is 5.82 Å². The summed E-state index contributed by atoms with van der Waals surface area (Å²) < 4.78 is 25.2. The Bertz CT molecular complexity index is 646. The van der Waals surface area contributed by atoms with Crippen LogP contribution in [0.3, 0.4) is 0 Å². The van der Waals surface area contributed by atoms with Gasteiger partial charge in [0.05, 0.1) is 19.9 Å². The average molecular weight is 354 g/mol. The Labute approximate surface area is 132 Å². The summed E-state index contributed by atoms with van der Waals surface area (Å²) in [7, 11) is 3.17. The van der Waals surface area contributed by atoms with Gasteiger partial charge in [-0.15, -0.1) is 0 Å². The highest BCUT2D eigenvalue weighted by Gasteiger charge is 2.10. The fourth-order valence-electron chi connectivity index (χ4n) is 1.99. The van der Waals surface area contributed by atoms with Crippen molar-refractivity contribution in [3.8, 4) is 11.5 Å². The van der Waals surface area contributed by atoms with Gasteiger partial charge >= 0.3 is 0 Å². The van der Waals surface area contributed by atoms with E-state index in [1.807, 2.05) is 25.1 Å². The van der Waals surface area contributed by atoms with E-state index in [2.05, 4.69) is 21.2 Å². The van der Waals surface area contributed by atoms with Crippen molar-refractivity contribution in [2.45, 2.75) is 13.5 Å². The maximum absolute atomic E-state index is 13.8. The standard InChI is InChI=1S/C16H17BrFNO2/c1-10-4-5-14(13(18)6-10)19-9-11-7-15(20-2)16(21-3)8-12(11)17/h4-8,19H,9H2,1-3H3. The molecule has 0 unspecified atom stereocenters. The lowest BCUT2D eigenvalue weighted by atomic mass is 10.1. The van der Waals surface area contributed by atoms with E-state index in [4.69, 9.17) is 9.47 Å². The molecule has 0 aliphatic heterocycles. The van der Waals surface area contributed by atoms with Crippen molar-refractivity contribution in [1.29, 1.82) is 0 Å². The molecule has 0 saturated carbocycles. The topological polar surface area (TPSA) is 30.5 Å². The SMILES string of the molecule is COc1cc(Br)c(CNc2ccc(C)cc2F)cc1OC. The Hall–Kier alpha value is -1.75. The molecule has 0 aliphatic rings. The van der Waals surface area contributed by atoms with Crippen molar-refractivity contribution >= 4 is 21.6 Å². The van der Waals surface area contributed by atoms with E-state index in [1.54, 1.807) is 20.3 Å². The molecule has 2 aromatic rings. The van der Waals surface area contributed by atoms with Crippen LogP contribution in [0.25, 0.3) is 0 Å². The zero-order valence-electron chi connectivity index (χ0n) is 12.2. The molecule has 112 valence electrons. The minimum atomic E-state index is -0.258. The molecular weight excluding hydrogens is 337 g/mol. The van der Waals surface area contributed by atoms with Crippen LogP contribution in [0.4, 0.5) is 10.1 Å². The van der Waals surface area contributed by atoms with Crippen molar-refractivity contribution < 1.29 is 13.9 Å². The Morgan fingerprint density at radius 1 is 1.10 bits per heavy atom. The molecule has 0 bridgehead atoms. The van der Waals surface area contributed by atoms with Crippen molar-refractivity contribution in [1.82, 2.24) is 0 Å². The van der Waals surface area contributed by atoms with Gasteiger partial charge in [-0.25, -0.2) is 4.39 Å². The second-order valence-corrected chi connectivity index (χ2v) is 5.49. The smallest absolute Gasteiger partial charge is 0.161 e. The highest BCUT2D eigenvalue weighted by atomic mass is 79.9. The molecule has 1 N–H and O–H groups in total. The molecule has 21 heavy (non-hydrogen) atoms. The largest absolute Gasteiger partial charge is 0.493 e. The Balaban J connectivity index is 2.19. The van der Waals surface area contributed by atoms with Gasteiger partial charge in [0, 0.05) is 11.0 Å². The summed E-state index contributed by atoms with van der Waals surface area (Å²) in [5.41, 5.74) is 2.32. The summed E-state index contributed by atoms with van der Waals surface area (Å²) in [6.07, 6.45) is 0. The molecule has 0 radical (unpaired) electrons. The maximum atomic E-state index is 13.8. The first-order chi connectivity index (χ1) is 10.0. The van der Waals surface area contributed by atoms with E-state index < -0.39 is 0 Å². The van der Waals surface area contributed by atoms with Crippen LogP contribution in [-0.4, -0.2) is 14.2 Å². The van der Waals surface area contributed by atoms with Gasteiger partial charge in [0.25, 0.3) is 0 Å². The molecule has 2 rings (SSSR count). The number of methoxy groups -OCH3 is 2. The van der Waals surface area contributed by atoms with Crippen molar-refractivity contribution in [2.24, 2.45) is 0 Å². The molecule has 0 amide bonds. The van der Waals surface area contributed by atoms with Gasteiger partial charge in [-0.2, -0.15) is 0 Å². The first-order valence-corrected chi connectivity index (χ1v) is 7.25. The number of ether oxygens (including phenoxy) is 2. The zero-order valence-corrected chi connectivity index (χ0v) is 13.8. The summed E-state index contributed by atoms with van der Waals surface area (Å²) in [5, 5.41) is 3.08. The third-order valence-electron chi connectivity index (χ3n) is 3.15. The van der Waals surface area contributed by atoms with Crippen molar-refractivity contribution in [2.75, 3.05) is 19.5 Å². The van der Waals surface area contributed by atoms with Crippen LogP contribution in [0, 0.1) is 12.7 Å². The van der Waals surface area contributed by atoms with Gasteiger partial charge in [-0.05, 0) is 42.3 Å². The van der Waals surface area contributed by atoms with E-state index in [1.165, 1.54) is 6.07 Å². The van der Waals surface area contributed by atoms with E-state index in [0.717, 1.165) is 15.6 Å². The number of rotatable bonds is 5. The molecule has 0 fully saturated rings. The lowest BCUT2D eigenvalue weighted by Gasteiger charge is -2.13. The van der Waals surface area contributed by atoms with Crippen LogP contribution < -0.4 is 14.8 Å². The van der Waals surface area contributed by atoms with Crippen LogP contribution in [0.15, 0.2) is 34.8 Å². The number of hydrogen-bond donors (Lipinski definition) is 1. The lowest BCUT2D eigenvalue weighted by Crippen LogP contribution is -2.03. The zero-order chi connectivity index (χ0) is 15.4. The van der Waals surface area contributed by atoms with E-state index >= 15 is 0 Å². The second-order valence-electron chi connectivity index (χ2n) is 4.64. The first kappa shape index (κ1) is 15.6. The fourth-order valence-corrected chi connectivity index (χ4v) is 2.45. The molecule has 0 aliphatic carbocycles. The van der Waals surface area contributed by atoms with Crippen LogP contribution >= 0.6 is 15.9 Å². The summed E-state index contributed by atoms with van der Waals surface area (Å²) in [6.45, 7) is 2.33. The lowest BCUT2D eigenvalue weighted by molar-refractivity contribution is 0.354. The molecule has 0 saturated heterocycles. The minimum absolute atomic E-state index is 0.258. The summed E-state index contributed by atoms with van der Waals surface area (Å²) >= 11 is 3.49. The number of halogens is 2. The average Bonchev–Trinajstić information content (AvgIpc) is 2.47. The third-order valence-corrected chi connectivity index (χ3v) is 3.88. The molecule has 2 aromatic carbocycles. The second kappa shape index (κ2) is 6.80. The molecular formula is C16H17BrFNO2. The molecule has 0 heterocycles. The highest BCUT2D eigenvalue weighted by Crippen LogP contribution is 2.33. The van der Waals surface area contributed by atoms with Crippen LogP contribution in [-0.2, 0) is 6.54 Å². The van der Waals surface area contributed by atoms with Gasteiger partial charge in [-0.3, -0.25) is 0 Å². The first-order valence-electron chi connectivity index (χ1n) is 6.45.